The number of β-amino-alcohol motifs (C(OH)–C–C–N with tert-alkyl or cyclic N) is 1. The fourth-order valence-corrected chi connectivity index (χ4v) is 2.54. The zero-order chi connectivity index (χ0) is 15.2. The Morgan fingerprint density at radius 2 is 2.19 bits per heavy atom. The van der Waals surface area contributed by atoms with E-state index in [2.05, 4.69) is 0 Å². The predicted molar refractivity (Wildman–Crippen MR) is 80.6 cm³/mol. The lowest BCUT2D eigenvalue weighted by molar-refractivity contribution is -0.120. The third kappa shape index (κ3) is 4.03. The largest absolute Gasteiger partial charge is 0.392 e. The molecule has 1 aliphatic heterocycles. The van der Waals surface area contributed by atoms with Gasteiger partial charge in [0.05, 0.1) is 18.7 Å². The molecule has 5 nitrogen and oxygen atoms in total. The molecule has 0 aromatic heterocycles. The SMILES string of the molecule is CC1CCN(CC(=O)N(CC#N)c2ccccc2)CC1O. The fraction of sp³-hybridized carbons (Fsp3) is 0.500. The fourth-order valence-electron chi connectivity index (χ4n) is 2.54. The molecule has 21 heavy (non-hydrogen) atoms. The molecule has 1 fully saturated rings. The van der Waals surface area contributed by atoms with Crippen LogP contribution in [-0.2, 0) is 4.79 Å². The van der Waals surface area contributed by atoms with Crippen molar-refractivity contribution in [1.82, 2.24) is 4.90 Å². The van der Waals surface area contributed by atoms with Gasteiger partial charge < -0.3 is 5.11 Å². The number of rotatable bonds is 4. The van der Waals surface area contributed by atoms with Gasteiger partial charge in [-0.05, 0) is 31.0 Å². The van der Waals surface area contributed by atoms with Crippen LogP contribution in [0.2, 0.25) is 0 Å². The van der Waals surface area contributed by atoms with Gasteiger partial charge in [-0.15, -0.1) is 0 Å². The molecule has 2 unspecified atom stereocenters. The van der Waals surface area contributed by atoms with Gasteiger partial charge in [0.25, 0.3) is 0 Å². The number of benzene rings is 1. The lowest BCUT2D eigenvalue weighted by atomic mass is 9.96. The monoisotopic (exact) mass is 287 g/mol. The number of hydrogen-bond acceptors (Lipinski definition) is 4. The van der Waals surface area contributed by atoms with Crippen LogP contribution < -0.4 is 4.90 Å². The summed E-state index contributed by atoms with van der Waals surface area (Å²) in [4.78, 5) is 15.9. The summed E-state index contributed by atoms with van der Waals surface area (Å²) in [6.07, 6.45) is 0.505. The Labute approximate surface area is 125 Å². The third-order valence-corrected chi connectivity index (χ3v) is 3.96. The van der Waals surface area contributed by atoms with E-state index in [1.165, 1.54) is 4.90 Å². The lowest BCUT2D eigenvalue weighted by Gasteiger charge is -2.34. The summed E-state index contributed by atoms with van der Waals surface area (Å²) in [7, 11) is 0. The number of piperidine rings is 1. The zero-order valence-electron chi connectivity index (χ0n) is 12.3. The highest BCUT2D eigenvalue weighted by Crippen LogP contribution is 2.18. The zero-order valence-corrected chi connectivity index (χ0v) is 12.3. The van der Waals surface area contributed by atoms with E-state index in [1.807, 2.05) is 48.2 Å². The molecule has 2 rings (SSSR count). The number of likely N-dealkylation sites (tertiary alicyclic amines) is 1. The third-order valence-electron chi connectivity index (χ3n) is 3.96. The van der Waals surface area contributed by atoms with Gasteiger partial charge in [-0.25, -0.2) is 0 Å². The summed E-state index contributed by atoms with van der Waals surface area (Å²) in [5.41, 5.74) is 0.731. The van der Waals surface area contributed by atoms with Gasteiger partial charge in [-0.2, -0.15) is 5.26 Å². The highest BCUT2D eigenvalue weighted by atomic mass is 16.3. The first-order valence-corrected chi connectivity index (χ1v) is 7.24. The van der Waals surface area contributed by atoms with Crippen LogP contribution in [0.3, 0.4) is 0 Å². The topological polar surface area (TPSA) is 67.6 Å². The van der Waals surface area contributed by atoms with Crippen molar-refractivity contribution in [2.75, 3.05) is 31.1 Å². The molecular weight excluding hydrogens is 266 g/mol. The Kier molecular flexibility index (Phi) is 5.32. The molecule has 1 aromatic carbocycles. The van der Waals surface area contributed by atoms with E-state index < -0.39 is 0 Å². The summed E-state index contributed by atoms with van der Waals surface area (Å²) in [5.74, 6) is 0.171. The molecule has 1 saturated heterocycles. The van der Waals surface area contributed by atoms with Crippen molar-refractivity contribution in [1.29, 1.82) is 5.26 Å². The second kappa shape index (κ2) is 7.21. The van der Waals surface area contributed by atoms with Gasteiger partial charge in [0.1, 0.15) is 6.54 Å². The van der Waals surface area contributed by atoms with Crippen molar-refractivity contribution in [3.8, 4) is 6.07 Å². The molecule has 0 radical (unpaired) electrons. The van der Waals surface area contributed by atoms with E-state index in [0.717, 1.165) is 18.7 Å². The maximum Gasteiger partial charge on any atom is 0.242 e. The number of nitriles is 1. The summed E-state index contributed by atoms with van der Waals surface area (Å²) < 4.78 is 0. The Bertz CT molecular complexity index is 512. The van der Waals surface area contributed by atoms with Crippen LogP contribution in [0.4, 0.5) is 5.69 Å². The van der Waals surface area contributed by atoms with Gasteiger partial charge in [-0.1, -0.05) is 25.1 Å². The van der Waals surface area contributed by atoms with Crippen molar-refractivity contribution < 1.29 is 9.90 Å². The van der Waals surface area contributed by atoms with Gasteiger partial charge in [0.15, 0.2) is 0 Å². The molecule has 5 heteroatoms. The first-order chi connectivity index (χ1) is 10.1. The van der Waals surface area contributed by atoms with Crippen LogP contribution >= 0.6 is 0 Å². The molecule has 2 atom stereocenters. The molecule has 0 spiro atoms. The molecule has 1 aromatic rings. The van der Waals surface area contributed by atoms with Crippen molar-refractivity contribution in [2.24, 2.45) is 5.92 Å². The van der Waals surface area contributed by atoms with Gasteiger partial charge >= 0.3 is 0 Å². The second-order valence-electron chi connectivity index (χ2n) is 5.54. The molecular formula is C16H21N3O2. The van der Waals surface area contributed by atoms with Crippen LogP contribution in [0.1, 0.15) is 13.3 Å². The number of carbonyl (C=O) groups excluding carboxylic acids is 1. The molecule has 0 aliphatic carbocycles. The van der Waals surface area contributed by atoms with Gasteiger partial charge in [-0.3, -0.25) is 14.6 Å². The van der Waals surface area contributed by atoms with E-state index in [9.17, 15) is 9.90 Å². The highest BCUT2D eigenvalue weighted by Gasteiger charge is 2.27. The van der Waals surface area contributed by atoms with Crippen LogP contribution in [0, 0.1) is 17.2 Å². The molecule has 1 aliphatic rings. The summed E-state index contributed by atoms with van der Waals surface area (Å²) in [5, 5.41) is 18.8. The van der Waals surface area contributed by atoms with Crippen LogP contribution in [0.15, 0.2) is 30.3 Å². The number of carbonyl (C=O) groups is 1. The smallest absolute Gasteiger partial charge is 0.242 e. The number of aliphatic hydroxyl groups is 1. The number of hydrogen-bond donors (Lipinski definition) is 1. The highest BCUT2D eigenvalue weighted by molar-refractivity contribution is 5.95. The number of para-hydroxylation sites is 1. The minimum absolute atomic E-state index is 0.0373. The number of aliphatic hydroxyl groups excluding tert-OH is 1. The van der Waals surface area contributed by atoms with Gasteiger partial charge in [0, 0.05) is 12.2 Å². The summed E-state index contributed by atoms with van der Waals surface area (Å²) >= 11 is 0. The molecule has 112 valence electrons. The maximum atomic E-state index is 12.4. The second-order valence-corrected chi connectivity index (χ2v) is 5.54. The Balaban J connectivity index is 2.01. The van der Waals surface area contributed by atoms with Crippen LogP contribution in [-0.4, -0.2) is 48.2 Å². The number of anilines is 1. The number of amides is 1. The molecule has 0 saturated carbocycles. The van der Waals surface area contributed by atoms with Crippen molar-refractivity contribution >= 4 is 11.6 Å². The Morgan fingerprint density at radius 1 is 1.48 bits per heavy atom. The normalized spacial score (nSPS) is 22.5. The first-order valence-electron chi connectivity index (χ1n) is 7.24. The Hall–Kier alpha value is -1.90. The Morgan fingerprint density at radius 3 is 2.81 bits per heavy atom. The first kappa shape index (κ1) is 15.5. The maximum absolute atomic E-state index is 12.4. The van der Waals surface area contributed by atoms with Crippen LogP contribution in [0.5, 0.6) is 0 Å². The summed E-state index contributed by atoms with van der Waals surface area (Å²) in [6, 6.07) is 11.3. The average Bonchev–Trinajstić information content (AvgIpc) is 2.49. The van der Waals surface area contributed by atoms with Crippen molar-refractivity contribution in [3.63, 3.8) is 0 Å². The van der Waals surface area contributed by atoms with E-state index in [-0.39, 0.29) is 31.0 Å². The quantitative estimate of drug-likeness (QED) is 0.846. The van der Waals surface area contributed by atoms with Crippen molar-refractivity contribution in [2.45, 2.75) is 19.4 Å². The molecule has 0 bridgehead atoms. The van der Waals surface area contributed by atoms with Crippen molar-refractivity contribution in [3.05, 3.63) is 30.3 Å². The molecule has 1 heterocycles. The average molecular weight is 287 g/mol. The minimum atomic E-state index is -0.382. The van der Waals surface area contributed by atoms with Crippen LogP contribution in [0.25, 0.3) is 0 Å². The van der Waals surface area contributed by atoms with E-state index in [0.29, 0.717) is 6.54 Å². The van der Waals surface area contributed by atoms with E-state index >= 15 is 0 Å². The summed E-state index contributed by atoms with van der Waals surface area (Å²) in [6.45, 7) is 3.62. The van der Waals surface area contributed by atoms with E-state index in [1.54, 1.807) is 0 Å². The minimum Gasteiger partial charge on any atom is -0.392 e. The van der Waals surface area contributed by atoms with E-state index in [4.69, 9.17) is 5.26 Å². The van der Waals surface area contributed by atoms with Gasteiger partial charge in [0.2, 0.25) is 5.91 Å². The standard InChI is InChI=1S/C16H21N3O2/c1-13-7-9-18(11-15(13)20)12-16(21)19(10-8-17)14-5-3-2-4-6-14/h2-6,13,15,20H,7,9-12H2,1H3. The molecule has 1 amide bonds. The number of nitrogens with zero attached hydrogens (tertiary/aromatic N) is 3. The lowest BCUT2D eigenvalue weighted by Crippen LogP contribution is -2.48. The molecule has 1 N–H and O–H groups in total. The predicted octanol–water partition coefficient (Wildman–Crippen LogP) is 1.25.